The molecule has 0 unspecified atom stereocenters. The molecule has 0 atom stereocenters. The molecule has 1 aromatic carbocycles. The first-order chi connectivity index (χ1) is 7.11. The number of para-hydroxylation sites is 1. The highest BCUT2D eigenvalue weighted by Crippen LogP contribution is 2.16. The van der Waals surface area contributed by atoms with Gasteiger partial charge in [-0.1, -0.05) is 24.0 Å². The number of hydrogen-bond donors (Lipinski definition) is 1. The lowest BCUT2D eigenvalue weighted by molar-refractivity contribution is -0.117. The number of benzene rings is 1. The topological polar surface area (TPSA) is 46.3 Å². The number of carbonyl (C=O) groups excluding carboxylic acids is 1. The number of anilines is 1. The number of hydrogen-bond acceptors (Lipinski definition) is 2. The van der Waals surface area contributed by atoms with Crippen LogP contribution in [0, 0.1) is 11.8 Å². The van der Waals surface area contributed by atoms with Crippen LogP contribution in [-0.4, -0.2) is 20.0 Å². The predicted octanol–water partition coefficient (Wildman–Crippen LogP) is 0.979. The Labute approximate surface area is 89.9 Å². The summed E-state index contributed by atoms with van der Waals surface area (Å²) in [5.74, 6) is 5.28. The quantitative estimate of drug-likeness (QED) is 0.727. The minimum absolute atomic E-state index is 0.0990. The zero-order valence-corrected chi connectivity index (χ0v) is 8.95. The molecule has 0 radical (unpaired) electrons. The second-order valence-electron chi connectivity index (χ2n) is 3.36. The first-order valence-corrected chi connectivity index (χ1v) is 4.65. The van der Waals surface area contributed by atoms with Gasteiger partial charge in [0.15, 0.2) is 0 Å². The van der Waals surface area contributed by atoms with Crippen LogP contribution in [0.25, 0.3) is 0 Å². The molecule has 3 heteroatoms. The molecule has 0 heterocycles. The first kappa shape index (κ1) is 11.1. The number of amides is 1. The Balaban J connectivity index is 2.92. The molecule has 0 bridgehead atoms. The van der Waals surface area contributed by atoms with E-state index in [0.29, 0.717) is 0 Å². The van der Waals surface area contributed by atoms with Crippen LogP contribution in [0.15, 0.2) is 24.3 Å². The van der Waals surface area contributed by atoms with E-state index >= 15 is 0 Å². The SMILES string of the molecule is CN(C)c1ccccc1C#CCC(N)=O. The maximum Gasteiger partial charge on any atom is 0.229 e. The van der Waals surface area contributed by atoms with Crippen LogP contribution < -0.4 is 10.6 Å². The molecule has 0 saturated heterocycles. The van der Waals surface area contributed by atoms with E-state index in [0.717, 1.165) is 11.3 Å². The third-order valence-electron chi connectivity index (χ3n) is 1.87. The summed E-state index contributed by atoms with van der Waals surface area (Å²) in [4.78, 5) is 12.5. The van der Waals surface area contributed by atoms with Gasteiger partial charge < -0.3 is 10.6 Å². The van der Waals surface area contributed by atoms with Crippen molar-refractivity contribution in [3.8, 4) is 11.8 Å². The molecule has 1 aromatic rings. The van der Waals surface area contributed by atoms with Gasteiger partial charge in [0, 0.05) is 19.7 Å². The highest BCUT2D eigenvalue weighted by Gasteiger charge is 1.99. The van der Waals surface area contributed by atoms with Crippen molar-refractivity contribution in [1.82, 2.24) is 0 Å². The second-order valence-corrected chi connectivity index (χ2v) is 3.36. The van der Waals surface area contributed by atoms with Crippen molar-refractivity contribution in [3.05, 3.63) is 29.8 Å². The summed E-state index contributed by atoms with van der Waals surface area (Å²) in [6.45, 7) is 0. The van der Waals surface area contributed by atoms with Gasteiger partial charge in [-0.3, -0.25) is 4.79 Å². The molecule has 0 fully saturated rings. The number of rotatable bonds is 2. The van der Waals surface area contributed by atoms with Gasteiger partial charge in [-0.15, -0.1) is 0 Å². The highest BCUT2D eigenvalue weighted by molar-refractivity contribution is 5.76. The lowest BCUT2D eigenvalue weighted by Gasteiger charge is -2.13. The smallest absolute Gasteiger partial charge is 0.229 e. The molecule has 78 valence electrons. The van der Waals surface area contributed by atoms with E-state index in [4.69, 9.17) is 5.73 Å². The summed E-state index contributed by atoms with van der Waals surface area (Å²) >= 11 is 0. The van der Waals surface area contributed by atoms with Crippen LogP contribution in [0.1, 0.15) is 12.0 Å². The lowest BCUT2D eigenvalue weighted by atomic mass is 10.1. The summed E-state index contributed by atoms with van der Waals surface area (Å²) in [6, 6.07) is 7.77. The van der Waals surface area contributed by atoms with Gasteiger partial charge in [-0.05, 0) is 12.1 Å². The van der Waals surface area contributed by atoms with Crippen molar-refractivity contribution >= 4 is 11.6 Å². The van der Waals surface area contributed by atoms with Gasteiger partial charge in [0.1, 0.15) is 0 Å². The van der Waals surface area contributed by atoms with Crippen molar-refractivity contribution in [2.45, 2.75) is 6.42 Å². The summed E-state index contributed by atoms with van der Waals surface area (Å²) in [6.07, 6.45) is 0.0990. The van der Waals surface area contributed by atoms with E-state index in [9.17, 15) is 4.79 Å². The van der Waals surface area contributed by atoms with Gasteiger partial charge >= 0.3 is 0 Å². The number of carbonyl (C=O) groups is 1. The van der Waals surface area contributed by atoms with Gasteiger partial charge in [0.05, 0.1) is 12.1 Å². The van der Waals surface area contributed by atoms with E-state index in [1.54, 1.807) is 0 Å². The fourth-order valence-corrected chi connectivity index (χ4v) is 1.20. The third kappa shape index (κ3) is 3.35. The van der Waals surface area contributed by atoms with Crippen LogP contribution in [0.5, 0.6) is 0 Å². The van der Waals surface area contributed by atoms with E-state index in [1.807, 2.05) is 43.3 Å². The predicted molar refractivity (Wildman–Crippen MR) is 61.5 cm³/mol. The molecule has 1 rings (SSSR count). The summed E-state index contributed by atoms with van der Waals surface area (Å²) < 4.78 is 0. The maximum absolute atomic E-state index is 10.5. The van der Waals surface area contributed by atoms with Crippen LogP contribution in [-0.2, 0) is 4.79 Å². The Kier molecular flexibility index (Phi) is 3.75. The Morgan fingerprint density at radius 1 is 1.40 bits per heavy atom. The molecule has 0 aromatic heterocycles. The van der Waals surface area contributed by atoms with Gasteiger partial charge in [0.2, 0.25) is 5.91 Å². The maximum atomic E-state index is 10.5. The molecular formula is C12H14N2O. The normalized spacial score (nSPS) is 8.93. The Bertz CT molecular complexity index is 413. The minimum atomic E-state index is -0.398. The summed E-state index contributed by atoms with van der Waals surface area (Å²) in [5, 5.41) is 0. The highest BCUT2D eigenvalue weighted by atomic mass is 16.1. The van der Waals surface area contributed by atoms with E-state index < -0.39 is 5.91 Å². The van der Waals surface area contributed by atoms with Crippen molar-refractivity contribution < 1.29 is 4.79 Å². The molecule has 2 N–H and O–H groups in total. The van der Waals surface area contributed by atoms with Crippen molar-refractivity contribution in [2.75, 3.05) is 19.0 Å². The number of nitrogens with zero attached hydrogens (tertiary/aromatic N) is 1. The molecule has 0 saturated carbocycles. The molecule has 0 spiro atoms. The molecule has 15 heavy (non-hydrogen) atoms. The number of nitrogens with two attached hydrogens (primary N) is 1. The van der Waals surface area contributed by atoms with Crippen LogP contribution in [0.3, 0.4) is 0 Å². The van der Waals surface area contributed by atoms with Crippen LogP contribution >= 0.6 is 0 Å². The van der Waals surface area contributed by atoms with E-state index in [-0.39, 0.29) is 6.42 Å². The van der Waals surface area contributed by atoms with Gasteiger partial charge in [-0.25, -0.2) is 0 Å². The van der Waals surface area contributed by atoms with Crippen LogP contribution in [0.2, 0.25) is 0 Å². The van der Waals surface area contributed by atoms with Gasteiger partial charge in [-0.2, -0.15) is 0 Å². The standard InChI is InChI=1S/C12H14N2O/c1-14(2)11-8-4-3-6-10(11)7-5-9-12(13)15/h3-4,6,8H,9H2,1-2H3,(H2,13,15). The molecule has 1 amide bonds. The molecular weight excluding hydrogens is 188 g/mol. The fourth-order valence-electron chi connectivity index (χ4n) is 1.20. The molecule has 3 nitrogen and oxygen atoms in total. The Morgan fingerprint density at radius 2 is 2.07 bits per heavy atom. The van der Waals surface area contributed by atoms with E-state index in [2.05, 4.69) is 11.8 Å². The monoisotopic (exact) mass is 202 g/mol. The molecule has 0 aliphatic heterocycles. The summed E-state index contributed by atoms with van der Waals surface area (Å²) in [5.41, 5.74) is 6.95. The average Bonchev–Trinajstić information content (AvgIpc) is 2.17. The van der Waals surface area contributed by atoms with E-state index in [1.165, 1.54) is 0 Å². The van der Waals surface area contributed by atoms with Crippen LogP contribution in [0.4, 0.5) is 5.69 Å². The molecule has 0 aliphatic rings. The molecule has 0 aliphatic carbocycles. The Morgan fingerprint density at radius 3 is 2.67 bits per heavy atom. The average molecular weight is 202 g/mol. The minimum Gasteiger partial charge on any atom is -0.377 e. The zero-order chi connectivity index (χ0) is 11.3. The number of primary amides is 1. The summed E-state index contributed by atoms with van der Waals surface area (Å²) in [7, 11) is 3.91. The van der Waals surface area contributed by atoms with Crippen molar-refractivity contribution in [3.63, 3.8) is 0 Å². The lowest BCUT2D eigenvalue weighted by Crippen LogP contribution is -2.10. The largest absolute Gasteiger partial charge is 0.377 e. The van der Waals surface area contributed by atoms with Crippen molar-refractivity contribution in [2.24, 2.45) is 5.73 Å². The fraction of sp³-hybridized carbons (Fsp3) is 0.250. The van der Waals surface area contributed by atoms with Gasteiger partial charge in [0.25, 0.3) is 0 Å². The van der Waals surface area contributed by atoms with Crippen molar-refractivity contribution in [1.29, 1.82) is 0 Å². The third-order valence-corrected chi connectivity index (χ3v) is 1.87. The zero-order valence-electron chi connectivity index (χ0n) is 8.95. The second kappa shape index (κ2) is 5.06. The first-order valence-electron chi connectivity index (χ1n) is 4.65. The Hall–Kier alpha value is -1.95.